The molecule has 0 aliphatic carbocycles. The van der Waals surface area contributed by atoms with Crippen LogP contribution in [0.1, 0.15) is 27.9 Å². The number of benzene rings is 3. The molecule has 0 bridgehead atoms. The maximum Gasteiger partial charge on any atom is 0.248 e. The van der Waals surface area contributed by atoms with Crippen molar-refractivity contribution in [3.05, 3.63) is 89.7 Å². The van der Waals surface area contributed by atoms with E-state index in [0.29, 0.717) is 12.2 Å². The molecule has 0 aliphatic rings. The quantitative estimate of drug-likeness (QED) is 0.394. The summed E-state index contributed by atoms with van der Waals surface area (Å²) in [5.41, 5.74) is 8.25. The molecule has 6 heteroatoms. The van der Waals surface area contributed by atoms with Gasteiger partial charge >= 0.3 is 0 Å². The van der Waals surface area contributed by atoms with Gasteiger partial charge < -0.3 is 19.9 Å². The largest absolute Gasteiger partial charge is 0.493 e. The zero-order valence-electron chi connectivity index (χ0n) is 19.2. The minimum atomic E-state index is -0.409. The molecule has 1 heterocycles. The average molecular weight is 443 g/mol. The zero-order valence-corrected chi connectivity index (χ0v) is 19.2. The van der Waals surface area contributed by atoms with Crippen molar-refractivity contribution in [2.24, 2.45) is 5.73 Å². The molecular weight excluding hydrogens is 412 g/mol. The molecule has 0 saturated carbocycles. The van der Waals surface area contributed by atoms with Crippen LogP contribution in [0.25, 0.3) is 10.8 Å². The smallest absolute Gasteiger partial charge is 0.248 e. The van der Waals surface area contributed by atoms with Crippen LogP contribution in [0.3, 0.4) is 0 Å². The molecule has 0 atom stereocenters. The maximum atomic E-state index is 11.2. The monoisotopic (exact) mass is 442 g/mol. The molecule has 2 N–H and O–H groups in total. The van der Waals surface area contributed by atoms with E-state index >= 15 is 0 Å². The third-order valence-electron chi connectivity index (χ3n) is 5.73. The van der Waals surface area contributed by atoms with Crippen LogP contribution in [-0.4, -0.2) is 36.2 Å². The highest BCUT2D eigenvalue weighted by atomic mass is 16.5. The Kier molecular flexibility index (Phi) is 6.93. The van der Waals surface area contributed by atoms with Crippen LogP contribution in [0.2, 0.25) is 0 Å². The minimum Gasteiger partial charge on any atom is -0.493 e. The van der Waals surface area contributed by atoms with Gasteiger partial charge in [-0.2, -0.15) is 0 Å². The highest BCUT2D eigenvalue weighted by molar-refractivity contribution is 5.92. The fourth-order valence-electron chi connectivity index (χ4n) is 3.96. The Morgan fingerprint density at radius 2 is 1.70 bits per heavy atom. The standard InChI is InChI=1S/C27H30N4O2/c1-30(2)27-29-14-16-31(27)15-3-4-21-7-10-24-19-25(12-11-23(24)18-21)33-17-13-20-5-8-22(9-6-20)26(28)32/h5-12,14,16,18-19H,3-4,13,15,17H2,1-2H3,(H2,28,32). The fourth-order valence-corrected chi connectivity index (χ4v) is 3.96. The molecule has 0 saturated heterocycles. The number of carbonyl (C=O) groups excluding carboxylic acids is 1. The van der Waals surface area contributed by atoms with E-state index in [1.54, 1.807) is 12.1 Å². The van der Waals surface area contributed by atoms with Gasteiger partial charge in [0.15, 0.2) is 0 Å². The number of ether oxygens (including phenoxy) is 1. The van der Waals surface area contributed by atoms with E-state index in [-0.39, 0.29) is 0 Å². The molecule has 6 nitrogen and oxygen atoms in total. The Morgan fingerprint density at radius 1 is 0.970 bits per heavy atom. The van der Waals surface area contributed by atoms with Crippen molar-refractivity contribution in [3.8, 4) is 5.75 Å². The lowest BCUT2D eigenvalue weighted by molar-refractivity contribution is 0.100. The number of aryl methyl sites for hydroxylation is 2. The van der Waals surface area contributed by atoms with Gasteiger partial charge in [-0.25, -0.2) is 4.98 Å². The number of nitrogens with two attached hydrogens (primary N) is 1. The van der Waals surface area contributed by atoms with Crippen molar-refractivity contribution in [1.29, 1.82) is 0 Å². The third-order valence-corrected chi connectivity index (χ3v) is 5.73. The van der Waals surface area contributed by atoms with Crippen LogP contribution in [0.15, 0.2) is 73.1 Å². The molecule has 170 valence electrons. The molecule has 1 amide bonds. The Labute approximate surface area is 194 Å². The second-order valence-corrected chi connectivity index (χ2v) is 8.42. The van der Waals surface area contributed by atoms with Gasteiger partial charge in [0.1, 0.15) is 5.75 Å². The van der Waals surface area contributed by atoms with Crippen molar-refractivity contribution in [2.75, 3.05) is 25.6 Å². The number of fused-ring (bicyclic) bond motifs is 1. The summed E-state index contributed by atoms with van der Waals surface area (Å²) in [6.07, 6.45) is 6.73. The highest BCUT2D eigenvalue weighted by Crippen LogP contribution is 2.23. The minimum absolute atomic E-state index is 0.409. The summed E-state index contributed by atoms with van der Waals surface area (Å²) in [6, 6.07) is 20.2. The summed E-state index contributed by atoms with van der Waals surface area (Å²) in [5, 5.41) is 2.39. The van der Waals surface area contributed by atoms with Gasteiger partial charge in [0.2, 0.25) is 11.9 Å². The Hall–Kier alpha value is -3.80. The lowest BCUT2D eigenvalue weighted by atomic mass is 10.0. The number of rotatable bonds is 10. The first-order chi connectivity index (χ1) is 16.0. The summed E-state index contributed by atoms with van der Waals surface area (Å²) in [4.78, 5) is 17.6. The van der Waals surface area contributed by atoms with E-state index in [0.717, 1.165) is 43.1 Å². The number of primary amides is 1. The lowest BCUT2D eigenvalue weighted by Gasteiger charge is -2.14. The van der Waals surface area contributed by atoms with Crippen LogP contribution in [0, 0.1) is 0 Å². The second kappa shape index (κ2) is 10.2. The van der Waals surface area contributed by atoms with Gasteiger partial charge in [-0.15, -0.1) is 0 Å². The number of carbonyl (C=O) groups is 1. The van der Waals surface area contributed by atoms with Crippen LogP contribution in [-0.2, 0) is 19.4 Å². The number of aromatic nitrogens is 2. The normalized spacial score (nSPS) is 11.0. The van der Waals surface area contributed by atoms with E-state index in [9.17, 15) is 4.79 Å². The number of nitrogens with zero attached hydrogens (tertiary/aromatic N) is 3. The summed E-state index contributed by atoms with van der Waals surface area (Å²) < 4.78 is 8.15. The van der Waals surface area contributed by atoms with Crippen LogP contribution in [0.5, 0.6) is 5.75 Å². The van der Waals surface area contributed by atoms with Gasteiger partial charge in [0.25, 0.3) is 0 Å². The predicted octanol–water partition coefficient (Wildman–Crippen LogP) is 4.46. The number of anilines is 1. The second-order valence-electron chi connectivity index (χ2n) is 8.42. The Morgan fingerprint density at radius 3 is 2.45 bits per heavy atom. The maximum absolute atomic E-state index is 11.2. The number of hydrogen-bond donors (Lipinski definition) is 1. The number of imidazole rings is 1. The van der Waals surface area contributed by atoms with E-state index < -0.39 is 5.91 Å². The number of amides is 1. The molecule has 4 aromatic rings. The molecule has 3 aromatic carbocycles. The van der Waals surface area contributed by atoms with E-state index in [1.165, 1.54) is 16.3 Å². The molecule has 0 spiro atoms. The summed E-state index contributed by atoms with van der Waals surface area (Å²) in [5.74, 6) is 1.44. The SMILES string of the molecule is CN(C)c1nccn1CCCc1ccc2cc(OCCc3ccc(C(N)=O)cc3)ccc2c1. The molecule has 4 rings (SSSR count). The van der Waals surface area contributed by atoms with Crippen molar-refractivity contribution in [1.82, 2.24) is 9.55 Å². The first-order valence-corrected chi connectivity index (χ1v) is 11.2. The van der Waals surface area contributed by atoms with Crippen LogP contribution in [0.4, 0.5) is 5.95 Å². The Bertz CT molecular complexity index is 1230. The average Bonchev–Trinajstić information content (AvgIpc) is 3.28. The lowest BCUT2D eigenvalue weighted by Crippen LogP contribution is -2.15. The molecule has 0 aliphatic heterocycles. The summed E-state index contributed by atoms with van der Waals surface area (Å²) >= 11 is 0. The van der Waals surface area contributed by atoms with Crippen molar-refractivity contribution in [3.63, 3.8) is 0 Å². The van der Waals surface area contributed by atoms with Crippen LogP contribution < -0.4 is 15.4 Å². The topological polar surface area (TPSA) is 73.4 Å². The van der Waals surface area contributed by atoms with Gasteiger partial charge in [-0.05, 0) is 59.0 Å². The van der Waals surface area contributed by atoms with Crippen molar-refractivity contribution in [2.45, 2.75) is 25.8 Å². The van der Waals surface area contributed by atoms with E-state index in [2.05, 4.69) is 39.9 Å². The first kappa shape index (κ1) is 22.4. The molecule has 33 heavy (non-hydrogen) atoms. The van der Waals surface area contributed by atoms with Crippen molar-refractivity contribution < 1.29 is 9.53 Å². The first-order valence-electron chi connectivity index (χ1n) is 11.2. The van der Waals surface area contributed by atoms with Gasteiger partial charge in [0, 0.05) is 45.0 Å². The number of hydrogen-bond acceptors (Lipinski definition) is 4. The van der Waals surface area contributed by atoms with Gasteiger partial charge in [-0.1, -0.05) is 36.4 Å². The molecule has 0 fully saturated rings. The third kappa shape index (κ3) is 5.71. The van der Waals surface area contributed by atoms with Gasteiger partial charge in [0.05, 0.1) is 6.61 Å². The highest BCUT2D eigenvalue weighted by Gasteiger charge is 2.05. The van der Waals surface area contributed by atoms with E-state index in [4.69, 9.17) is 10.5 Å². The van der Waals surface area contributed by atoms with Crippen LogP contribution >= 0.6 is 0 Å². The van der Waals surface area contributed by atoms with E-state index in [1.807, 2.05) is 49.6 Å². The summed E-state index contributed by atoms with van der Waals surface area (Å²) in [6.45, 7) is 1.52. The molecule has 0 unspecified atom stereocenters. The molecule has 1 aromatic heterocycles. The summed E-state index contributed by atoms with van der Waals surface area (Å²) in [7, 11) is 4.03. The molecular formula is C27H30N4O2. The fraction of sp³-hybridized carbons (Fsp3) is 0.259. The van der Waals surface area contributed by atoms with Gasteiger partial charge in [-0.3, -0.25) is 4.79 Å². The Balaban J connectivity index is 1.30. The van der Waals surface area contributed by atoms with Crippen molar-refractivity contribution >= 4 is 22.6 Å². The molecule has 0 radical (unpaired) electrons. The zero-order chi connectivity index (χ0) is 23.2. The predicted molar refractivity (Wildman–Crippen MR) is 133 cm³/mol.